The smallest absolute Gasteiger partial charge is 0.339 e. The minimum absolute atomic E-state index is 0.408. The topological polar surface area (TPSA) is 86.8 Å². The SMILES string of the molecule is CCOc1ccc(NC(=O)COC(=O)c2c3c(nc4ccccc24)C(=Cc2cccc(Oc4ccccc4)c2)CC3)cc1. The maximum absolute atomic E-state index is 13.5. The Hall–Kier alpha value is -5.43. The molecule has 43 heavy (non-hydrogen) atoms. The summed E-state index contributed by atoms with van der Waals surface area (Å²) < 4.78 is 17.0. The van der Waals surface area contributed by atoms with Gasteiger partial charge in [0, 0.05) is 11.1 Å². The van der Waals surface area contributed by atoms with Crippen LogP contribution in [0.15, 0.2) is 103 Å². The van der Waals surface area contributed by atoms with Gasteiger partial charge in [-0.2, -0.15) is 0 Å². The molecule has 0 spiro atoms. The second-order valence-electron chi connectivity index (χ2n) is 10.1. The van der Waals surface area contributed by atoms with Gasteiger partial charge in [-0.1, -0.05) is 48.5 Å². The zero-order valence-electron chi connectivity index (χ0n) is 23.7. The van der Waals surface area contributed by atoms with Crippen molar-refractivity contribution in [2.75, 3.05) is 18.5 Å². The fourth-order valence-electron chi connectivity index (χ4n) is 5.21. The quantitative estimate of drug-likeness (QED) is 0.183. The van der Waals surface area contributed by atoms with E-state index in [0.717, 1.165) is 40.3 Å². The van der Waals surface area contributed by atoms with Gasteiger partial charge in [0.15, 0.2) is 6.61 Å². The summed E-state index contributed by atoms with van der Waals surface area (Å²) in [5.41, 5.74) is 5.35. The number of ether oxygens (including phenoxy) is 3. The van der Waals surface area contributed by atoms with E-state index in [0.29, 0.717) is 40.9 Å². The average Bonchev–Trinajstić information content (AvgIpc) is 3.42. The maximum Gasteiger partial charge on any atom is 0.339 e. The first-order chi connectivity index (χ1) is 21.1. The molecule has 0 saturated carbocycles. The van der Waals surface area contributed by atoms with Crippen LogP contribution >= 0.6 is 0 Å². The molecule has 1 aromatic heterocycles. The largest absolute Gasteiger partial charge is 0.494 e. The lowest BCUT2D eigenvalue weighted by molar-refractivity contribution is -0.119. The van der Waals surface area contributed by atoms with Crippen LogP contribution in [-0.4, -0.2) is 30.1 Å². The standard InChI is InChI=1S/C36H30N2O5/c1-2-41-27-18-16-26(17-19-27)37-33(39)23-42-36(40)34-30-13-6-7-14-32(30)38-35-25(15-20-31(34)35)21-24-9-8-12-29(22-24)43-28-10-4-3-5-11-28/h3-14,16-19,21-22H,2,15,20,23H2,1H3,(H,37,39). The molecule has 6 rings (SSSR count). The second kappa shape index (κ2) is 12.6. The summed E-state index contributed by atoms with van der Waals surface area (Å²) in [5, 5.41) is 3.46. The molecule has 214 valence electrons. The van der Waals surface area contributed by atoms with Gasteiger partial charge >= 0.3 is 5.97 Å². The van der Waals surface area contributed by atoms with Crippen molar-refractivity contribution in [1.29, 1.82) is 0 Å². The number of nitrogens with one attached hydrogen (secondary N) is 1. The number of rotatable bonds is 9. The number of hydrogen-bond donors (Lipinski definition) is 1. The van der Waals surface area contributed by atoms with Crippen LogP contribution in [0.5, 0.6) is 17.2 Å². The number of para-hydroxylation sites is 2. The van der Waals surface area contributed by atoms with Crippen molar-refractivity contribution >= 4 is 40.1 Å². The Bertz CT molecular complexity index is 1810. The number of hydrogen-bond acceptors (Lipinski definition) is 6. The summed E-state index contributed by atoms with van der Waals surface area (Å²) in [5.74, 6) is 1.25. The molecular formula is C36H30N2O5. The van der Waals surface area contributed by atoms with E-state index in [9.17, 15) is 9.59 Å². The predicted octanol–water partition coefficient (Wildman–Crippen LogP) is 7.71. The lowest BCUT2D eigenvalue weighted by atomic mass is 10.0. The lowest BCUT2D eigenvalue weighted by Crippen LogP contribution is -2.21. The minimum Gasteiger partial charge on any atom is -0.494 e. The molecule has 1 aliphatic carbocycles. The van der Waals surface area contributed by atoms with Gasteiger partial charge in [0.25, 0.3) is 5.91 Å². The van der Waals surface area contributed by atoms with Crippen LogP contribution in [0, 0.1) is 0 Å². The van der Waals surface area contributed by atoms with Gasteiger partial charge in [-0.25, -0.2) is 9.78 Å². The molecule has 0 fully saturated rings. The molecule has 1 amide bonds. The van der Waals surface area contributed by atoms with E-state index >= 15 is 0 Å². The molecule has 1 N–H and O–H groups in total. The highest BCUT2D eigenvalue weighted by Crippen LogP contribution is 2.38. The van der Waals surface area contributed by atoms with Crippen LogP contribution in [0.2, 0.25) is 0 Å². The van der Waals surface area contributed by atoms with Crippen molar-refractivity contribution in [2.45, 2.75) is 19.8 Å². The molecule has 1 heterocycles. The number of carbonyl (C=O) groups excluding carboxylic acids is 2. The van der Waals surface area contributed by atoms with Crippen LogP contribution in [0.25, 0.3) is 22.6 Å². The van der Waals surface area contributed by atoms with Gasteiger partial charge < -0.3 is 19.5 Å². The summed E-state index contributed by atoms with van der Waals surface area (Å²) in [6.45, 7) is 2.06. The number of carbonyl (C=O) groups is 2. The summed E-state index contributed by atoms with van der Waals surface area (Å²) >= 11 is 0. The Morgan fingerprint density at radius 1 is 0.837 bits per heavy atom. The van der Waals surface area contributed by atoms with Gasteiger partial charge in [0.1, 0.15) is 17.2 Å². The summed E-state index contributed by atoms with van der Waals surface area (Å²) in [7, 11) is 0. The molecule has 7 heteroatoms. The summed E-state index contributed by atoms with van der Waals surface area (Å²) in [6.07, 6.45) is 3.45. The third kappa shape index (κ3) is 6.41. The average molecular weight is 571 g/mol. The summed E-state index contributed by atoms with van der Waals surface area (Å²) in [6, 6.07) is 32.1. The van der Waals surface area contributed by atoms with E-state index in [1.807, 2.05) is 85.8 Å². The first-order valence-corrected chi connectivity index (χ1v) is 14.2. The molecule has 0 aliphatic heterocycles. The van der Waals surface area contributed by atoms with E-state index in [1.54, 1.807) is 24.3 Å². The number of anilines is 1. The van der Waals surface area contributed by atoms with Crippen molar-refractivity contribution in [3.63, 3.8) is 0 Å². The Balaban J connectivity index is 1.22. The first-order valence-electron chi connectivity index (χ1n) is 14.2. The molecule has 4 aromatic carbocycles. The number of esters is 1. The third-order valence-electron chi connectivity index (χ3n) is 7.11. The van der Waals surface area contributed by atoms with Crippen LogP contribution < -0.4 is 14.8 Å². The van der Waals surface area contributed by atoms with E-state index in [4.69, 9.17) is 19.2 Å². The first kappa shape index (κ1) is 27.7. The zero-order chi connectivity index (χ0) is 29.6. The van der Waals surface area contributed by atoms with E-state index in [2.05, 4.69) is 11.4 Å². The Morgan fingerprint density at radius 2 is 1.60 bits per heavy atom. The van der Waals surface area contributed by atoms with Crippen LogP contribution in [0.1, 0.15) is 40.5 Å². The van der Waals surface area contributed by atoms with Crippen LogP contribution in [-0.2, 0) is 16.0 Å². The van der Waals surface area contributed by atoms with Crippen molar-refractivity contribution in [1.82, 2.24) is 4.98 Å². The number of benzene rings is 4. The summed E-state index contributed by atoms with van der Waals surface area (Å²) in [4.78, 5) is 31.0. The van der Waals surface area contributed by atoms with Crippen LogP contribution in [0.4, 0.5) is 5.69 Å². The monoisotopic (exact) mass is 570 g/mol. The number of pyridine rings is 1. The van der Waals surface area contributed by atoms with Gasteiger partial charge in [0.2, 0.25) is 0 Å². The highest BCUT2D eigenvalue weighted by molar-refractivity contribution is 6.08. The van der Waals surface area contributed by atoms with Crippen molar-refractivity contribution in [2.24, 2.45) is 0 Å². The van der Waals surface area contributed by atoms with Gasteiger partial charge in [-0.05, 0) is 97.1 Å². The third-order valence-corrected chi connectivity index (χ3v) is 7.11. The number of amides is 1. The fourth-order valence-corrected chi connectivity index (χ4v) is 5.21. The molecule has 0 radical (unpaired) electrons. The van der Waals surface area contributed by atoms with Crippen molar-refractivity contribution in [3.05, 3.63) is 126 Å². The van der Waals surface area contributed by atoms with Crippen molar-refractivity contribution in [3.8, 4) is 17.2 Å². The zero-order valence-corrected chi connectivity index (χ0v) is 23.7. The highest BCUT2D eigenvalue weighted by Gasteiger charge is 2.28. The Kier molecular flexibility index (Phi) is 8.13. The highest BCUT2D eigenvalue weighted by atomic mass is 16.5. The maximum atomic E-state index is 13.5. The molecule has 1 aliphatic rings. The lowest BCUT2D eigenvalue weighted by Gasteiger charge is -2.13. The minimum atomic E-state index is -0.545. The number of fused-ring (bicyclic) bond motifs is 2. The van der Waals surface area contributed by atoms with E-state index in [-0.39, 0.29) is 0 Å². The number of aromatic nitrogens is 1. The number of nitrogens with zero attached hydrogens (tertiary/aromatic N) is 1. The van der Waals surface area contributed by atoms with Gasteiger partial charge in [-0.15, -0.1) is 0 Å². The van der Waals surface area contributed by atoms with Gasteiger partial charge in [-0.3, -0.25) is 4.79 Å². The molecule has 0 atom stereocenters. The second-order valence-corrected chi connectivity index (χ2v) is 10.1. The Morgan fingerprint density at radius 3 is 2.42 bits per heavy atom. The molecular weight excluding hydrogens is 540 g/mol. The molecule has 0 saturated heterocycles. The molecule has 5 aromatic rings. The van der Waals surface area contributed by atoms with Gasteiger partial charge in [0.05, 0.1) is 23.4 Å². The molecule has 0 unspecified atom stereocenters. The normalized spacial score (nSPS) is 13.0. The Labute approximate surface area is 249 Å². The fraction of sp³-hybridized carbons (Fsp3) is 0.139. The predicted molar refractivity (Wildman–Crippen MR) is 167 cm³/mol. The van der Waals surface area contributed by atoms with E-state index < -0.39 is 18.5 Å². The molecule has 0 bridgehead atoms. The van der Waals surface area contributed by atoms with Crippen LogP contribution in [0.3, 0.4) is 0 Å². The van der Waals surface area contributed by atoms with Crippen molar-refractivity contribution < 1.29 is 23.8 Å². The van der Waals surface area contributed by atoms with E-state index in [1.165, 1.54) is 0 Å². The molecule has 7 nitrogen and oxygen atoms in total. The number of allylic oxidation sites excluding steroid dienone is 1.